The van der Waals surface area contributed by atoms with Gasteiger partial charge in [-0.3, -0.25) is 4.79 Å². The van der Waals surface area contributed by atoms with E-state index in [2.05, 4.69) is 0 Å². The van der Waals surface area contributed by atoms with Crippen LogP contribution in [0, 0.1) is 5.92 Å². The first-order chi connectivity index (χ1) is 8.60. The maximum absolute atomic E-state index is 10.7. The van der Waals surface area contributed by atoms with Crippen molar-refractivity contribution < 1.29 is 19.4 Å². The summed E-state index contributed by atoms with van der Waals surface area (Å²) >= 11 is 6.05. The molecule has 0 saturated heterocycles. The van der Waals surface area contributed by atoms with Crippen molar-refractivity contribution in [3.05, 3.63) is 22.7 Å². The van der Waals surface area contributed by atoms with Gasteiger partial charge in [-0.15, -0.1) is 0 Å². The topological polar surface area (TPSA) is 55.8 Å². The van der Waals surface area contributed by atoms with Gasteiger partial charge in [0.2, 0.25) is 0 Å². The van der Waals surface area contributed by atoms with Gasteiger partial charge < -0.3 is 14.6 Å². The molecular formula is C13H15ClO4. The quantitative estimate of drug-likeness (QED) is 0.864. The van der Waals surface area contributed by atoms with E-state index in [4.69, 9.17) is 26.2 Å². The van der Waals surface area contributed by atoms with E-state index in [1.54, 1.807) is 12.1 Å². The predicted molar refractivity (Wildman–Crippen MR) is 67.6 cm³/mol. The molecule has 5 heteroatoms. The molecule has 0 heterocycles. The van der Waals surface area contributed by atoms with Crippen molar-refractivity contribution in [2.75, 3.05) is 13.7 Å². The standard InChI is InChI=1S/C13H15ClO4/c1-17-13-10(14)4-9(6-12(15)16)5-11(13)18-7-8-2-3-8/h4-5,8H,2-3,6-7H2,1H3,(H,15,16). The molecule has 0 unspecified atom stereocenters. The number of ether oxygens (including phenoxy) is 2. The van der Waals surface area contributed by atoms with Crippen LogP contribution >= 0.6 is 11.6 Å². The molecule has 1 aliphatic rings. The van der Waals surface area contributed by atoms with Gasteiger partial charge in [-0.1, -0.05) is 11.6 Å². The second-order valence-corrected chi connectivity index (χ2v) is 4.84. The van der Waals surface area contributed by atoms with Gasteiger partial charge >= 0.3 is 5.97 Å². The Hall–Kier alpha value is -1.42. The summed E-state index contributed by atoms with van der Waals surface area (Å²) in [6, 6.07) is 3.28. The lowest BCUT2D eigenvalue weighted by Gasteiger charge is -2.13. The van der Waals surface area contributed by atoms with Crippen LogP contribution in [0.25, 0.3) is 0 Å². The first-order valence-corrected chi connectivity index (χ1v) is 6.19. The first-order valence-electron chi connectivity index (χ1n) is 5.81. The predicted octanol–water partition coefficient (Wildman–Crippen LogP) is 2.76. The van der Waals surface area contributed by atoms with Gasteiger partial charge in [0.05, 0.1) is 25.2 Å². The maximum Gasteiger partial charge on any atom is 0.307 e. The largest absolute Gasteiger partial charge is 0.491 e. The molecule has 4 nitrogen and oxygen atoms in total. The molecule has 1 fully saturated rings. The summed E-state index contributed by atoms with van der Waals surface area (Å²) in [5.74, 6) is 0.695. The van der Waals surface area contributed by atoms with Crippen LogP contribution in [0.4, 0.5) is 0 Å². The molecule has 0 radical (unpaired) electrons. The van der Waals surface area contributed by atoms with E-state index in [1.165, 1.54) is 20.0 Å². The van der Waals surface area contributed by atoms with Crippen molar-refractivity contribution in [1.29, 1.82) is 0 Å². The summed E-state index contributed by atoms with van der Waals surface area (Å²) in [5, 5.41) is 9.17. The third kappa shape index (κ3) is 3.29. The number of hydrogen-bond donors (Lipinski definition) is 1. The van der Waals surface area contributed by atoms with Crippen molar-refractivity contribution in [3.63, 3.8) is 0 Å². The molecule has 1 aliphatic carbocycles. The highest BCUT2D eigenvalue weighted by Crippen LogP contribution is 2.38. The molecule has 1 N–H and O–H groups in total. The van der Waals surface area contributed by atoms with Crippen LogP contribution in [0.15, 0.2) is 12.1 Å². The van der Waals surface area contributed by atoms with Crippen molar-refractivity contribution in [3.8, 4) is 11.5 Å². The number of carboxylic acids is 1. The number of aliphatic carboxylic acids is 1. The van der Waals surface area contributed by atoms with Gasteiger partial charge in [0.1, 0.15) is 0 Å². The highest BCUT2D eigenvalue weighted by atomic mass is 35.5. The summed E-state index contributed by atoms with van der Waals surface area (Å²) in [6.07, 6.45) is 2.29. The maximum atomic E-state index is 10.7. The van der Waals surface area contributed by atoms with Crippen LogP contribution in [0.2, 0.25) is 5.02 Å². The van der Waals surface area contributed by atoms with E-state index >= 15 is 0 Å². The Balaban J connectivity index is 2.20. The molecule has 98 valence electrons. The van der Waals surface area contributed by atoms with Crippen LogP contribution in [0.3, 0.4) is 0 Å². The van der Waals surface area contributed by atoms with Crippen LogP contribution in [-0.2, 0) is 11.2 Å². The second-order valence-electron chi connectivity index (χ2n) is 4.43. The Morgan fingerprint density at radius 1 is 1.50 bits per heavy atom. The summed E-state index contributed by atoms with van der Waals surface area (Å²) in [4.78, 5) is 10.7. The van der Waals surface area contributed by atoms with E-state index < -0.39 is 5.97 Å². The van der Waals surface area contributed by atoms with Crippen molar-refractivity contribution >= 4 is 17.6 Å². The van der Waals surface area contributed by atoms with Gasteiger partial charge in [-0.2, -0.15) is 0 Å². The minimum atomic E-state index is -0.899. The van der Waals surface area contributed by atoms with Crippen LogP contribution < -0.4 is 9.47 Å². The average Bonchev–Trinajstić information content (AvgIpc) is 3.08. The molecule has 2 rings (SSSR count). The van der Waals surface area contributed by atoms with E-state index in [9.17, 15) is 4.79 Å². The zero-order chi connectivity index (χ0) is 13.1. The summed E-state index contributed by atoms with van der Waals surface area (Å²) in [6.45, 7) is 0.628. The average molecular weight is 271 g/mol. The molecule has 1 aromatic rings. The molecule has 1 saturated carbocycles. The van der Waals surface area contributed by atoms with Crippen LogP contribution in [0.1, 0.15) is 18.4 Å². The second kappa shape index (κ2) is 5.48. The minimum Gasteiger partial charge on any atom is -0.491 e. The Morgan fingerprint density at radius 2 is 2.22 bits per heavy atom. The number of carboxylic acid groups (broad SMARTS) is 1. The SMILES string of the molecule is COc1c(Cl)cc(CC(=O)O)cc1OCC1CC1. The monoisotopic (exact) mass is 270 g/mol. The van der Waals surface area contributed by atoms with Crippen LogP contribution in [-0.4, -0.2) is 24.8 Å². The lowest BCUT2D eigenvalue weighted by atomic mass is 10.1. The van der Waals surface area contributed by atoms with E-state index in [0.29, 0.717) is 34.6 Å². The molecule has 0 amide bonds. The number of carbonyl (C=O) groups is 1. The number of halogens is 1. The van der Waals surface area contributed by atoms with Gasteiger partial charge in [-0.05, 0) is 36.5 Å². The highest BCUT2D eigenvalue weighted by molar-refractivity contribution is 6.32. The molecule has 18 heavy (non-hydrogen) atoms. The van der Waals surface area contributed by atoms with E-state index in [-0.39, 0.29) is 6.42 Å². The normalized spacial score (nSPS) is 14.3. The van der Waals surface area contributed by atoms with Crippen molar-refractivity contribution in [1.82, 2.24) is 0 Å². The highest BCUT2D eigenvalue weighted by Gasteiger charge is 2.23. The molecule has 1 aromatic carbocycles. The molecule has 0 atom stereocenters. The van der Waals surface area contributed by atoms with Gasteiger partial charge in [-0.25, -0.2) is 0 Å². The number of rotatable bonds is 6. The van der Waals surface area contributed by atoms with E-state index in [0.717, 1.165) is 0 Å². The van der Waals surface area contributed by atoms with Gasteiger partial charge in [0.25, 0.3) is 0 Å². The minimum absolute atomic E-state index is 0.0799. The molecule has 0 aromatic heterocycles. The first kappa shape index (κ1) is 13.0. The lowest BCUT2D eigenvalue weighted by Crippen LogP contribution is -2.04. The third-order valence-corrected chi connectivity index (χ3v) is 3.08. The molecule has 0 bridgehead atoms. The zero-order valence-corrected chi connectivity index (χ0v) is 10.9. The van der Waals surface area contributed by atoms with Gasteiger partial charge in [0, 0.05) is 0 Å². The summed E-state index contributed by atoms with van der Waals surface area (Å²) in [5.41, 5.74) is 0.610. The Kier molecular flexibility index (Phi) is 3.97. The lowest BCUT2D eigenvalue weighted by molar-refractivity contribution is -0.136. The molecule has 0 aliphatic heterocycles. The molecular weight excluding hydrogens is 256 g/mol. The Morgan fingerprint density at radius 3 is 2.78 bits per heavy atom. The zero-order valence-electron chi connectivity index (χ0n) is 10.1. The van der Waals surface area contributed by atoms with E-state index in [1.807, 2.05) is 0 Å². The van der Waals surface area contributed by atoms with Crippen molar-refractivity contribution in [2.24, 2.45) is 5.92 Å². The Bertz CT molecular complexity index is 455. The van der Waals surface area contributed by atoms with Crippen LogP contribution in [0.5, 0.6) is 11.5 Å². The smallest absolute Gasteiger partial charge is 0.307 e. The molecule has 0 spiro atoms. The third-order valence-electron chi connectivity index (χ3n) is 2.80. The number of hydrogen-bond acceptors (Lipinski definition) is 3. The fourth-order valence-electron chi connectivity index (χ4n) is 1.70. The fraction of sp³-hybridized carbons (Fsp3) is 0.462. The number of benzene rings is 1. The van der Waals surface area contributed by atoms with Crippen molar-refractivity contribution in [2.45, 2.75) is 19.3 Å². The Labute approximate surface area is 110 Å². The summed E-state index contributed by atoms with van der Waals surface area (Å²) < 4.78 is 10.8. The fourth-order valence-corrected chi connectivity index (χ4v) is 2.01. The number of methoxy groups -OCH3 is 1. The van der Waals surface area contributed by atoms with Gasteiger partial charge in [0.15, 0.2) is 11.5 Å². The summed E-state index contributed by atoms with van der Waals surface area (Å²) in [7, 11) is 1.52.